The summed E-state index contributed by atoms with van der Waals surface area (Å²) in [5.74, 6) is -1.63. The van der Waals surface area contributed by atoms with Crippen molar-refractivity contribution in [2.45, 2.75) is 31.3 Å². The molecule has 0 aromatic heterocycles. The smallest absolute Gasteiger partial charge is 0.264 e. The molecule has 0 bridgehead atoms. The van der Waals surface area contributed by atoms with E-state index in [2.05, 4.69) is 5.32 Å². The van der Waals surface area contributed by atoms with Crippen molar-refractivity contribution in [1.82, 2.24) is 10.2 Å². The predicted molar refractivity (Wildman–Crippen MR) is 133 cm³/mol. The summed E-state index contributed by atoms with van der Waals surface area (Å²) in [6.45, 7) is 2.56. The number of rotatable bonds is 9. The van der Waals surface area contributed by atoms with Gasteiger partial charge in [0.2, 0.25) is 11.8 Å². The van der Waals surface area contributed by atoms with Gasteiger partial charge in [-0.1, -0.05) is 48.5 Å². The van der Waals surface area contributed by atoms with Gasteiger partial charge >= 0.3 is 0 Å². The van der Waals surface area contributed by atoms with E-state index in [-0.39, 0.29) is 17.0 Å². The summed E-state index contributed by atoms with van der Waals surface area (Å²) < 4.78 is 42.6. The first kappa shape index (κ1) is 25.9. The number of hydrogen-bond donors (Lipinski definition) is 1. The van der Waals surface area contributed by atoms with Crippen LogP contribution in [-0.2, 0) is 26.2 Å². The molecule has 0 fully saturated rings. The van der Waals surface area contributed by atoms with Crippen LogP contribution in [0.1, 0.15) is 18.1 Å². The minimum Gasteiger partial charge on any atom is -0.357 e. The van der Waals surface area contributed by atoms with Gasteiger partial charge < -0.3 is 10.2 Å². The molecule has 7 nitrogen and oxygen atoms in total. The number of carbonyl (C=O) groups is 2. The summed E-state index contributed by atoms with van der Waals surface area (Å²) in [6.07, 6.45) is 0. The number of hydrogen-bond acceptors (Lipinski definition) is 4. The van der Waals surface area contributed by atoms with Crippen molar-refractivity contribution in [3.8, 4) is 0 Å². The van der Waals surface area contributed by atoms with Crippen LogP contribution >= 0.6 is 0 Å². The highest BCUT2D eigenvalue weighted by atomic mass is 32.2. The van der Waals surface area contributed by atoms with Crippen molar-refractivity contribution in [3.63, 3.8) is 0 Å². The third-order valence-electron chi connectivity index (χ3n) is 5.61. The number of carbonyl (C=O) groups excluding carboxylic acids is 2. The number of benzene rings is 3. The number of sulfonamides is 1. The van der Waals surface area contributed by atoms with E-state index in [1.807, 2.05) is 13.0 Å². The second kappa shape index (κ2) is 11.1. The van der Waals surface area contributed by atoms with Gasteiger partial charge in [-0.15, -0.1) is 0 Å². The van der Waals surface area contributed by atoms with Gasteiger partial charge in [0.15, 0.2) is 0 Å². The Labute approximate surface area is 205 Å². The van der Waals surface area contributed by atoms with E-state index in [0.29, 0.717) is 5.69 Å². The minimum absolute atomic E-state index is 0.0225. The van der Waals surface area contributed by atoms with Gasteiger partial charge in [-0.05, 0) is 49.7 Å². The van der Waals surface area contributed by atoms with Gasteiger partial charge in [0.1, 0.15) is 18.4 Å². The molecule has 0 radical (unpaired) electrons. The molecule has 0 aliphatic rings. The van der Waals surface area contributed by atoms with Crippen molar-refractivity contribution in [2.24, 2.45) is 0 Å². The molecule has 0 saturated heterocycles. The van der Waals surface area contributed by atoms with Gasteiger partial charge in [-0.3, -0.25) is 13.9 Å². The van der Waals surface area contributed by atoms with Crippen LogP contribution in [0, 0.1) is 12.7 Å². The zero-order chi connectivity index (χ0) is 25.6. The summed E-state index contributed by atoms with van der Waals surface area (Å²) in [6, 6.07) is 19.6. The molecule has 0 aliphatic carbocycles. The van der Waals surface area contributed by atoms with Crippen molar-refractivity contribution >= 4 is 27.5 Å². The lowest BCUT2D eigenvalue weighted by Gasteiger charge is -2.32. The fourth-order valence-corrected chi connectivity index (χ4v) is 5.06. The van der Waals surface area contributed by atoms with Crippen LogP contribution in [0.5, 0.6) is 0 Å². The van der Waals surface area contributed by atoms with E-state index in [1.54, 1.807) is 42.5 Å². The molecule has 3 rings (SSSR count). The first-order valence-corrected chi connectivity index (χ1v) is 12.5. The van der Waals surface area contributed by atoms with Gasteiger partial charge in [0.05, 0.1) is 10.6 Å². The Kier molecular flexibility index (Phi) is 8.24. The quantitative estimate of drug-likeness (QED) is 0.490. The maximum atomic E-state index is 14.4. The Bertz CT molecular complexity index is 1300. The fraction of sp³-hybridized carbons (Fsp3) is 0.231. The third kappa shape index (κ3) is 6.05. The first-order chi connectivity index (χ1) is 16.6. The molecule has 35 heavy (non-hydrogen) atoms. The molecule has 1 N–H and O–H groups in total. The Balaban J connectivity index is 2.04. The summed E-state index contributed by atoms with van der Waals surface area (Å²) in [5.41, 5.74) is 1.33. The highest BCUT2D eigenvalue weighted by Gasteiger charge is 2.32. The largest absolute Gasteiger partial charge is 0.357 e. The topological polar surface area (TPSA) is 86.8 Å². The molecular weight excluding hydrogens is 469 g/mol. The van der Waals surface area contributed by atoms with Gasteiger partial charge in [0, 0.05) is 19.2 Å². The highest BCUT2D eigenvalue weighted by molar-refractivity contribution is 7.92. The molecule has 0 saturated carbocycles. The summed E-state index contributed by atoms with van der Waals surface area (Å²) in [5, 5.41) is 2.49. The highest BCUT2D eigenvalue weighted by Crippen LogP contribution is 2.25. The van der Waals surface area contributed by atoms with Gasteiger partial charge in [-0.25, -0.2) is 12.8 Å². The second-order valence-corrected chi connectivity index (χ2v) is 9.93. The van der Waals surface area contributed by atoms with E-state index < -0.39 is 40.2 Å². The molecule has 0 spiro atoms. The van der Waals surface area contributed by atoms with E-state index in [0.717, 1.165) is 9.87 Å². The van der Waals surface area contributed by atoms with Crippen LogP contribution in [0.25, 0.3) is 0 Å². The molecule has 0 heterocycles. The van der Waals surface area contributed by atoms with Crippen LogP contribution in [0.3, 0.4) is 0 Å². The Morgan fingerprint density at radius 3 is 2.26 bits per heavy atom. The Hall–Kier alpha value is -3.72. The molecule has 1 unspecified atom stereocenters. The molecule has 3 aromatic carbocycles. The number of anilines is 1. The number of likely N-dealkylation sites (N-methyl/N-ethyl adjacent to an activating group) is 1. The lowest BCUT2D eigenvalue weighted by Crippen LogP contribution is -2.50. The minimum atomic E-state index is -4.12. The van der Waals surface area contributed by atoms with Crippen molar-refractivity contribution < 1.29 is 22.4 Å². The lowest BCUT2D eigenvalue weighted by molar-refractivity contribution is -0.139. The number of nitrogens with one attached hydrogen (secondary N) is 1. The molecule has 3 aromatic rings. The molecular formula is C26H28FN3O4S. The average molecular weight is 498 g/mol. The molecule has 0 aliphatic heterocycles. The molecule has 184 valence electrons. The van der Waals surface area contributed by atoms with Crippen LogP contribution in [0.15, 0.2) is 83.8 Å². The summed E-state index contributed by atoms with van der Waals surface area (Å²) in [7, 11) is -2.69. The van der Waals surface area contributed by atoms with Crippen molar-refractivity contribution in [2.75, 3.05) is 17.9 Å². The molecule has 1 atom stereocenters. The number of amides is 2. The Morgan fingerprint density at radius 2 is 1.63 bits per heavy atom. The fourth-order valence-electron chi connectivity index (χ4n) is 3.63. The van der Waals surface area contributed by atoms with E-state index in [1.165, 1.54) is 49.2 Å². The van der Waals surface area contributed by atoms with Crippen LogP contribution in [0.2, 0.25) is 0 Å². The molecule has 2 amide bonds. The van der Waals surface area contributed by atoms with Crippen LogP contribution in [-0.4, -0.2) is 44.8 Å². The maximum Gasteiger partial charge on any atom is 0.264 e. The van der Waals surface area contributed by atoms with Gasteiger partial charge in [-0.2, -0.15) is 0 Å². The maximum absolute atomic E-state index is 14.4. The van der Waals surface area contributed by atoms with E-state index in [9.17, 15) is 22.4 Å². The SMILES string of the molecule is CNC(=O)C(C)N(Cc1ccccc1F)C(=O)CN(c1cccc(C)c1)S(=O)(=O)c1ccccc1. The van der Waals surface area contributed by atoms with Crippen molar-refractivity contribution in [3.05, 3.63) is 95.8 Å². The van der Waals surface area contributed by atoms with Gasteiger partial charge in [0.25, 0.3) is 10.0 Å². The summed E-state index contributed by atoms with van der Waals surface area (Å²) >= 11 is 0. The zero-order valence-electron chi connectivity index (χ0n) is 19.8. The monoisotopic (exact) mass is 497 g/mol. The first-order valence-electron chi connectivity index (χ1n) is 11.0. The number of nitrogens with zero attached hydrogens (tertiary/aromatic N) is 2. The lowest BCUT2D eigenvalue weighted by atomic mass is 10.1. The van der Waals surface area contributed by atoms with Crippen LogP contribution < -0.4 is 9.62 Å². The predicted octanol–water partition coefficient (Wildman–Crippen LogP) is 3.49. The average Bonchev–Trinajstić information content (AvgIpc) is 2.86. The zero-order valence-corrected chi connectivity index (χ0v) is 20.6. The molecule has 9 heteroatoms. The van der Waals surface area contributed by atoms with Crippen molar-refractivity contribution in [1.29, 1.82) is 0 Å². The van der Waals surface area contributed by atoms with Crippen LogP contribution in [0.4, 0.5) is 10.1 Å². The third-order valence-corrected chi connectivity index (χ3v) is 7.40. The van der Waals surface area contributed by atoms with E-state index in [4.69, 9.17) is 0 Å². The number of aryl methyl sites for hydroxylation is 1. The second-order valence-electron chi connectivity index (χ2n) is 8.07. The van der Waals surface area contributed by atoms with E-state index >= 15 is 0 Å². The standard InChI is InChI=1S/C26H28FN3O4S/c1-19-10-9-12-22(16-19)30(35(33,34)23-13-5-4-6-14-23)18-25(31)29(20(2)26(32)28-3)17-21-11-7-8-15-24(21)27/h4-16,20H,17-18H2,1-3H3,(H,28,32). The number of halogens is 1. The normalized spacial score (nSPS) is 12.0. The summed E-state index contributed by atoms with van der Waals surface area (Å²) in [4.78, 5) is 27.2. The Morgan fingerprint density at radius 1 is 0.971 bits per heavy atom.